The van der Waals surface area contributed by atoms with Crippen molar-refractivity contribution in [2.45, 2.75) is 32.9 Å². The van der Waals surface area contributed by atoms with Crippen molar-refractivity contribution >= 4 is 11.6 Å². The summed E-state index contributed by atoms with van der Waals surface area (Å²) in [5, 5.41) is 4.91. The first-order valence-electron chi connectivity index (χ1n) is 6.25. The summed E-state index contributed by atoms with van der Waals surface area (Å²) in [5.74, 6) is 5.66. The van der Waals surface area contributed by atoms with E-state index < -0.39 is 0 Å². The largest absolute Gasteiger partial charge is 0.271 e. The molecular formula is C13H18ClN5. The number of nitrogens with two attached hydrogens (primary N) is 1. The Balaban J connectivity index is 2.23. The van der Waals surface area contributed by atoms with Gasteiger partial charge in [-0.15, -0.1) is 0 Å². The van der Waals surface area contributed by atoms with E-state index in [-0.39, 0.29) is 6.04 Å². The summed E-state index contributed by atoms with van der Waals surface area (Å²) >= 11 is 5.91. The van der Waals surface area contributed by atoms with Crippen LogP contribution in [0.3, 0.4) is 0 Å². The molecule has 102 valence electrons. The van der Waals surface area contributed by atoms with E-state index >= 15 is 0 Å². The van der Waals surface area contributed by atoms with Crippen molar-refractivity contribution in [1.29, 1.82) is 0 Å². The number of aromatic nitrogens is 3. The summed E-state index contributed by atoms with van der Waals surface area (Å²) in [6.45, 7) is 4.91. The zero-order valence-electron chi connectivity index (χ0n) is 11.1. The van der Waals surface area contributed by atoms with Crippen molar-refractivity contribution in [1.82, 2.24) is 20.2 Å². The van der Waals surface area contributed by atoms with Gasteiger partial charge in [-0.05, 0) is 37.6 Å². The van der Waals surface area contributed by atoms with Crippen LogP contribution in [0.2, 0.25) is 5.15 Å². The highest BCUT2D eigenvalue weighted by Crippen LogP contribution is 2.20. The topological polar surface area (TPSA) is 68.8 Å². The van der Waals surface area contributed by atoms with E-state index in [9.17, 15) is 0 Å². The summed E-state index contributed by atoms with van der Waals surface area (Å²) in [6, 6.07) is 5.81. The molecule has 6 heteroatoms. The second-order valence-corrected chi connectivity index (χ2v) is 4.82. The van der Waals surface area contributed by atoms with Crippen molar-refractivity contribution in [3.8, 4) is 0 Å². The second kappa shape index (κ2) is 6.14. The fourth-order valence-corrected chi connectivity index (χ4v) is 2.34. The molecule has 0 saturated carbocycles. The van der Waals surface area contributed by atoms with E-state index in [1.807, 2.05) is 23.7 Å². The smallest absolute Gasteiger partial charge is 0.129 e. The van der Waals surface area contributed by atoms with E-state index in [1.54, 1.807) is 6.20 Å². The quantitative estimate of drug-likeness (QED) is 0.499. The number of rotatable bonds is 5. The van der Waals surface area contributed by atoms with Gasteiger partial charge in [0.15, 0.2) is 0 Å². The van der Waals surface area contributed by atoms with Gasteiger partial charge in [-0.2, -0.15) is 5.10 Å². The maximum Gasteiger partial charge on any atom is 0.129 e. The standard InChI is InChI=1S/C13H18ClN5/c1-3-19-11(6-9(2)18-19)8-12(17-15)10-4-5-16-13(14)7-10/h4-7,12,17H,3,8,15H2,1-2H3. The van der Waals surface area contributed by atoms with Crippen molar-refractivity contribution in [2.75, 3.05) is 0 Å². The average Bonchev–Trinajstić information content (AvgIpc) is 2.76. The lowest BCUT2D eigenvalue weighted by Gasteiger charge is -2.16. The number of pyridine rings is 1. The third-order valence-corrected chi connectivity index (χ3v) is 3.26. The molecule has 0 saturated heterocycles. The predicted molar refractivity (Wildman–Crippen MR) is 75.7 cm³/mol. The molecule has 2 aromatic rings. The SMILES string of the molecule is CCn1nc(C)cc1CC(NN)c1ccnc(Cl)c1. The molecule has 2 aromatic heterocycles. The Morgan fingerprint density at radius 1 is 1.47 bits per heavy atom. The van der Waals surface area contributed by atoms with E-state index in [1.165, 1.54) is 0 Å². The van der Waals surface area contributed by atoms with Crippen molar-refractivity contribution in [3.05, 3.63) is 46.5 Å². The number of aryl methyl sites for hydroxylation is 2. The number of hydrogen-bond donors (Lipinski definition) is 2. The Labute approximate surface area is 117 Å². The van der Waals surface area contributed by atoms with Gasteiger partial charge in [-0.3, -0.25) is 16.0 Å². The molecule has 19 heavy (non-hydrogen) atoms. The molecule has 0 radical (unpaired) electrons. The molecule has 0 aromatic carbocycles. The van der Waals surface area contributed by atoms with Crippen LogP contribution in [0.15, 0.2) is 24.4 Å². The van der Waals surface area contributed by atoms with E-state index in [2.05, 4.69) is 28.5 Å². The summed E-state index contributed by atoms with van der Waals surface area (Å²) < 4.78 is 1.99. The molecule has 0 spiro atoms. The lowest BCUT2D eigenvalue weighted by atomic mass is 10.0. The number of nitrogens with one attached hydrogen (secondary N) is 1. The fourth-order valence-electron chi connectivity index (χ4n) is 2.15. The highest BCUT2D eigenvalue weighted by atomic mass is 35.5. The normalized spacial score (nSPS) is 12.6. The highest BCUT2D eigenvalue weighted by Gasteiger charge is 2.14. The van der Waals surface area contributed by atoms with E-state index in [0.29, 0.717) is 5.15 Å². The first-order chi connectivity index (χ1) is 9.13. The van der Waals surface area contributed by atoms with Crippen molar-refractivity contribution in [3.63, 3.8) is 0 Å². The van der Waals surface area contributed by atoms with E-state index in [0.717, 1.165) is 29.9 Å². The molecule has 0 fully saturated rings. The van der Waals surface area contributed by atoms with Gasteiger partial charge >= 0.3 is 0 Å². The molecule has 0 bridgehead atoms. The second-order valence-electron chi connectivity index (χ2n) is 4.43. The zero-order valence-corrected chi connectivity index (χ0v) is 11.9. The van der Waals surface area contributed by atoms with Crippen LogP contribution in [0.25, 0.3) is 0 Å². The fraction of sp³-hybridized carbons (Fsp3) is 0.385. The van der Waals surface area contributed by atoms with Crippen LogP contribution < -0.4 is 11.3 Å². The summed E-state index contributed by atoms with van der Waals surface area (Å²) in [4.78, 5) is 3.98. The van der Waals surface area contributed by atoms with Crippen LogP contribution in [0.5, 0.6) is 0 Å². The molecule has 1 atom stereocenters. The molecule has 2 heterocycles. The minimum Gasteiger partial charge on any atom is -0.271 e. The molecule has 0 aliphatic carbocycles. The number of hydrazine groups is 1. The van der Waals surface area contributed by atoms with E-state index in [4.69, 9.17) is 17.4 Å². The van der Waals surface area contributed by atoms with Gasteiger partial charge in [-0.25, -0.2) is 4.98 Å². The minimum absolute atomic E-state index is 0.0121. The van der Waals surface area contributed by atoms with Gasteiger partial charge in [-0.1, -0.05) is 11.6 Å². The van der Waals surface area contributed by atoms with Gasteiger partial charge in [0, 0.05) is 24.9 Å². The Kier molecular flexibility index (Phi) is 4.52. The maximum atomic E-state index is 5.91. The van der Waals surface area contributed by atoms with Crippen LogP contribution in [0, 0.1) is 6.92 Å². The van der Waals surface area contributed by atoms with Gasteiger partial charge in [0.05, 0.1) is 11.7 Å². The molecular weight excluding hydrogens is 262 g/mol. The zero-order chi connectivity index (χ0) is 13.8. The number of halogens is 1. The molecule has 0 amide bonds. The van der Waals surface area contributed by atoms with Crippen LogP contribution in [-0.4, -0.2) is 14.8 Å². The Hall–Kier alpha value is -1.43. The monoisotopic (exact) mass is 279 g/mol. The van der Waals surface area contributed by atoms with Crippen molar-refractivity contribution in [2.24, 2.45) is 5.84 Å². The third-order valence-electron chi connectivity index (χ3n) is 3.05. The number of hydrogen-bond acceptors (Lipinski definition) is 4. The highest BCUT2D eigenvalue weighted by molar-refractivity contribution is 6.29. The third kappa shape index (κ3) is 3.32. The predicted octanol–water partition coefficient (Wildman–Crippen LogP) is 2.01. The molecule has 2 rings (SSSR count). The maximum absolute atomic E-state index is 5.91. The lowest BCUT2D eigenvalue weighted by Crippen LogP contribution is -2.30. The van der Waals surface area contributed by atoms with Crippen LogP contribution in [-0.2, 0) is 13.0 Å². The van der Waals surface area contributed by atoms with Crippen LogP contribution in [0.4, 0.5) is 0 Å². The first-order valence-corrected chi connectivity index (χ1v) is 6.62. The summed E-state index contributed by atoms with van der Waals surface area (Å²) in [7, 11) is 0. The average molecular weight is 280 g/mol. The Morgan fingerprint density at radius 2 is 2.26 bits per heavy atom. The van der Waals surface area contributed by atoms with Gasteiger partial charge in [0.25, 0.3) is 0 Å². The molecule has 5 nitrogen and oxygen atoms in total. The Bertz CT molecular complexity index is 552. The van der Waals surface area contributed by atoms with Gasteiger partial charge < -0.3 is 0 Å². The van der Waals surface area contributed by atoms with Crippen LogP contribution in [0.1, 0.15) is 29.9 Å². The molecule has 0 aliphatic rings. The molecule has 3 N–H and O–H groups in total. The molecule has 0 aliphatic heterocycles. The van der Waals surface area contributed by atoms with Crippen molar-refractivity contribution < 1.29 is 0 Å². The molecule has 1 unspecified atom stereocenters. The number of nitrogens with zero attached hydrogens (tertiary/aromatic N) is 3. The minimum atomic E-state index is -0.0121. The summed E-state index contributed by atoms with van der Waals surface area (Å²) in [6.07, 6.45) is 2.44. The Morgan fingerprint density at radius 3 is 2.89 bits per heavy atom. The van der Waals surface area contributed by atoms with Crippen LogP contribution >= 0.6 is 11.6 Å². The lowest BCUT2D eigenvalue weighted by molar-refractivity contribution is 0.516. The summed E-state index contributed by atoms with van der Waals surface area (Å²) in [5.41, 5.74) is 6.01. The first kappa shape index (κ1) is 14.0. The van der Waals surface area contributed by atoms with Gasteiger partial charge in [0.1, 0.15) is 5.15 Å². The van der Waals surface area contributed by atoms with Gasteiger partial charge in [0.2, 0.25) is 0 Å².